The molecule has 2 heterocycles. The van der Waals surface area contributed by atoms with Gasteiger partial charge in [-0.3, -0.25) is 0 Å². The number of aryl methyl sites for hydroxylation is 1. The van der Waals surface area contributed by atoms with Crippen molar-refractivity contribution in [3.8, 4) is 12.1 Å². The summed E-state index contributed by atoms with van der Waals surface area (Å²) in [6.07, 6.45) is 0. The quantitative estimate of drug-likeness (QED) is 0.818. The van der Waals surface area contributed by atoms with Crippen LogP contribution in [0.3, 0.4) is 0 Å². The fraction of sp³-hybridized carbons (Fsp3) is 0.167. The van der Waals surface area contributed by atoms with Crippen LogP contribution in [0.1, 0.15) is 16.4 Å². The molecule has 0 radical (unpaired) electrons. The van der Waals surface area contributed by atoms with E-state index in [1.54, 1.807) is 0 Å². The fourth-order valence-corrected chi connectivity index (χ4v) is 3.67. The third kappa shape index (κ3) is 1.86. The molecule has 1 aliphatic heterocycles. The van der Waals surface area contributed by atoms with Crippen LogP contribution in [0.4, 0.5) is 0 Å². The highest BCUT2D eigenvalue weighted by atomic mass is 32.2. The summed E-state index contributed by atoms with van der Waals surface area (Å²) in [6, 6.07) is 6.16. The molecule has 2 rings (SSSR count). The van der Waals surface area contributed by atoms with Gasteiger partial charge >= 0.3 is 0 Å². The maximum atomic E-state index is 9.25. The van der Waals surface area contributed by atoms with E-state index >= 15 is 0 Å². The summed E-state index contributed by atoms with van der Waals surface area (Å²) in [7, 11) is 0. The molecule has 0 bridgehead atoms. The van der Waals surface area contributed by atoms with Gasteiger partial charge in [-0.05, 0) is 23.9 Å². The second-order valence-corrected chi connectivity index (χ2v) is 5.81. The first-order valence-corrected chi connectivity index (χ1v) is 6.81. The molecule has 18 heavy (non-hydrogen) atoms. The van der Waals surface area contributed by atoms with Gasteiger partial charge in [-0.15, -0.1) is 11.3 Å². The SMILES string of the molecule is Cc1ccsc1C1C(C#N)=C(N)SC(N)=C1C#N. The highest BCUT2D eigenvalue weighted by Crippen LogP contribution is 2.45. The van der Waals surface area contributed by atoms with Crippen molar-refractivity contribution in [2.75, 3.05) is 0 Å². The molecule has 90 valence electrons. The van der Waals surface area contributed by atoms with Gasteiger partial charge in [0.05, 0.1) is 39.3 Å². The van der Waals surface area contributed by atoms with Crippen LogP contribution in [-0.2, 0) is 0 Å². The zero-order chi connectivity index (χ0) is 13.3. The molecule has 0 aromatic carbocycles. The van der Waals surface area contributed by atoms with E-state index in [-0.39, 0.29) is 0 Å². The first-order valence-electron chi connectivity index (χ1n) is 5.11. The number of nitrogens with two attached hydrogens (primary N) is 2. The van der Waals surface area contributed by atoms with E-state index in [4.69, 9.17) is 11.5 Å². The Bertz CT molecular complexity index is 604. The number of rotatable bonds is 1. The van der Waals surface area contributed by atoms with Crippen LogP contribution in [0.15, 0.2) is 32.7 Å². The monoisotopic (exact) mass is 274 g/mol. The number of nitrogens with zero attached hydrogens (tertiary/aromatic N) is 2. The molecule has 0 aliphatic carbocycles. The van der Waals surface area contributed by atoms with Crippen LogP contribution >= 0.6 is 23.1 Å². The molecule has 4 nitrogen and oxygen atoms in total. The van der Waals surface area contributed by atoms with Crippen LogP contribution < -0.4 is 11.5 Å². The van der Waals surface area contributed by atoms with Gasteiger partial charge in [0.15, 0.2) is 0 Å². The predicted molar refractivity (Wildman–Crippen MR) is 73.0 cm³/mol. The van der Waals surface area contributed by atoms with Gasteiger partial charge in [-0.25, -0.2) is 0 Å². The predicted octanol–water partition coefficient (Wildman–Crippen LogP) is 2.27. The maximum absolute atomic E-state index is 9.25. The number of thiophene rings is 1. The van der Waals surface area contributed by atoms with Gasteiger partial charge in [-0.2, -0.15) is 10.5 Å². The molecular formula is C12H10N4S2. The van der Waals surface area contributed by atoms with Crippen LogP contribution in [0, 0.1) is 29.6 Å². The molecule has 6 heteroatoms. The van der Waals surface area contributed by atoms with E-state index in [0.717, 1.165) is 22.2 Å². The second kappa shape index (κ2) is 4.77. The van der Waals surface area contributed by atoms with Crippen molar-refractivity contribution in [3.05, 3.63) is 43.1 Å². The summed E-state index contributed by atoms with van der Waals surface area (Å²) in [6.45, 7) is 1.95. The Balaban J connectivity index is 2.66. The van der Waals surface area contributed by atoms with Crippen molar-refractivity contribution >= 4 is 23.1 Å². The van der Waals surface area contributed by atoms with Crippen molar-refractivity contribution in [2.24, 2.45) is 11.5 Å². The summed E-state index contributed by atoms with van der Waals surface area (Å²) in [4.78, 5) is 0.953. The second-order valence-electron chi connectivity index (χ2n) is 3.78. The molecule has 0 amide bonds. The molecule has 0 atom stereocenters. The number of hydrogen-bond donors (Lipinski definition) is 2. The van der Waals surface area contributed by atoms with Gasteiger partial charge in [0.2, 0.25) is 0 Å². The summed E-state index contributed by atoms with van der Waals surface area (Å²) >= 11 is 2.60. The maximum Gasteiger partial charge on any atom is 0.0985 e. The molecular weight excluding hydrogens is 264 g/mol. The lowest BCUT2D eigenvalue weighted by atomic mass is 9.89. The minimum atomic E-state index is -0.416. The van der Waals surface area contributed by atoms with Gasteiger partial charge < -0.3 is 11.5 Å². The fourth-order valence-electron chi connectivity index (χ4n) is 1.84. The minimum Gasteiger partial charge on any atom is -0.392 e. The standard InChI is InChI=1S/C12H10N4S2/c1-6-2-3-17-10(6)9-7(4-13)11(15)18-12(16)8(9)5-14/h2-3,9H,15-16H2,1H3. The molecule has 0 spiro atoms. The minimum absolute atomic E-state index is 0.381. The van der Waals surface area contributed by atoms with Gasteiger partial charge in [0.1, 0.15) is 0 Å². The Kier molecular flexibility index (Phi) is 3.33. The summed E-state index contributed by atoms with van der Waals surface area (Å²) in [5.74, 6) is -0.416. The molecule has 4 N–H and O–H groups in total. The molecule has 0 unspecified atom stereocenters. The van der Waals surface area contributed by atoms with E-state index in [9.17, 15) is 10.5 Å². The Morgan fingerprint density at radius 3 is 2.11 bits per heavy atom. The van der Waals surface area contributed by atoms with Gasteiger partial charge in [0.25, 0.3) is 0 Å². The Morgan fingerprint density at radius 2 is 1.72 bits per heavy atom. The van der Waals surface area contributed by atoms with E-state index in [0.29, 0.717) is 21.2 Å². The third-order valence-electron chi connectivity index (χ3n) is 2.73. The summed E-state index contributed by atoms with van der Waals surface area (Å²) in [5.41, 5.74) is 13.6. The Labute approximate surface area is 113 Å². The highest BCUT2D eigenvalue weighted by molar-refractivity contribution is 8.06. The van der Waals surface area contributed by atoms with Crippen LogP contribution in [0.2, 0.25) is 0 Å². The lowest BCUT2D eigenvalue weighted by molar-refractivity contribution is 0.972. The normalized spacial score (nSPS) is 16.6. The molecule has 0 saturated heterocycles. The van der Waals surface area contributed by atoms with Crippen molar-refractivity contribution in [3.63, 3.8) is 0 Å². The average Bonchev–Trinajstić information content (AvgIpc) is 2.74. The van der Waals surface area contributed by atoms with Crippen LogP contribution in [0.5, 0.6) is 0 Å². The topological polar surface area (TPSA) is 99.6 Å². The number of nitriles is 2. The molecule has 1 aliphatic rings. The van der Waals surface area contributed by atoms with E-state index in [1.807, 2.05) is 18.4 Å². The highest BCUT2D eigenvalue weighted by Gasteiger charge is 2.32. The number of allylic oxidation sites excluding steroid dienone is 2. The average molecular weight is 274 g/mol. The Hall–Kier alpha value is -1.89. The van der Waals surface area contributed by atoms with Crippen LogP contribution in [0.25, 0.3) is 0 Å². The number of thioether (sulfide) groups is 1. The van der Waals surface area contributed by atoms with Gasteiger partial charge in [-0.1, -0.05) is 11.8 Å². The molecule has 1 aromatic rings. The lowest BCUT2D eigenvalue weighted by Gasteiger charge is -2.23. The smallest absolute Gasteiger partial charge is 0.0985 e. The van der Waals surface area contributed by atoms with Crippen molar-refractivity contribution in [1.82, 2.24) is 0 Å². The van der Waals surface area contributed by atoms with E-state index in [2.05, 4.69) is 12.1 Å². The van der Waals surface area contributed by atoms with E-state index < -0.39 is 5.92 Å². The first-order chi connectivity index (χ1) is 8.60. The van der Waals surface area contributed by atoms with Crippen molar-refractivity contribution < 1.29 is 0 Å². The molecule has 1 aromatic heterocycles. The van der Waals surface area contributed by atoms with Crippen molar-refractivity contribution in [2.45, 2.75) is 12.8 Å². The summed E-state index contributed by atoms with van der Waals surface area (Å²) in [5, 5.41) is 21.2. The van der Waals surface area contributed by atoms with Gasteiger partial charge in [0, 0.05) is 4.88 Å². The zero-order valence-electron chi connectivity index (χ0n) is 9.60. The summed E-state index contributed by atoms with van der Waals surface area (Å²) < 4.78 is 0. The molecule has 0 saturated carbocycles. The van der Waals surface area contributed by atoms with Crippen LogP contribution in [-0.4, -0.2) is 0 Å². The molecule has 0 fully saturated rings. The lowest BCUT2D eigenvalue weighted by Crippen LogP contribution is -2.18. The third-order valence-corrected chi connectivity index (χ3v) is 4.70. The first kappa shape index (κ1) is 12.6. The van der Waals surface area contributed by atoms with Crippen molar-refractivity contribution in [1.29, 1.82) is 10.5 Å². The van der Waals surface area contributed by atoms with E-state index in [1.165, 1.54) is 11.3 Å². The Morgan fingerprint density at radius 1 is 1.17 bits per heavy atom. The largest absolute Gasteiger partial charge is 0.392 e. The zero-order valence-corrected chi connectivity index (χ0v) is 11.2. The number of hydrogen-bond acceptors (Lipinski definition) is 6.